The van der Waals surface area contributed by atoms with E-state index in [0.717, 1.165) is 29.6 Å². The second kappa shape index (κ2) is 5.67. The summed E-state index contributed by atoms with van der Waals surface area (Å²) in [4.78, 5) is 14.8. The summed E-state index contributed by atoms with van der Waals surface area (Å²) in [6.07, 6.45) is 1.49. The van der Waals surface area contributed by atoms with Crippen LogP contribution in [0.1, 0.15) is 34.9 Å². The number of nitrogens with zero attached hydrogens (tertiary/aromatic N) is 2. The maximum Gasteiger partial charge on any atom is 0.231 e. The molecule has 3 aromatic rings. The molecule has 116 valence electrons. The molecule has 0 saturated carbocycles. The molecule has 23 heavy (non-hydrogen) atoms. The van der Waals surface area contributed by atoms with E-state index in [4.69, 9.17) is 0 Å². The van der Waals surface area contributed by atoms with Crippen LogP contribution in [-0.2, 0) is 6.54 Å². The van der Waals surface area contributed by atoms with Gasteiger partial charge in [0, 0.05) is 24.0 Å². The highest BCUT2D eigenvalue weighted by molar-refractivity contribution is 5.94. The second-order valence-corrected chi connectivity index (χ2v) is 6.31. The molecule has 0 amide bonds. The van der Waals surface area contributed by atoms with Crippen molar-refractivity contribution in [2.45, 2.75) is 25.4 Å². The van der Waals surface area contributed by atoms with Crippen LogP contribution >= 0.6 is 0 Å². The topological polar surface area (TPSA) is 25.2 Å². The Bertz CT molecular complexity index is 850. The summed E-state index contributed by atoms with van der Waals surface area (Å²) in [5.74, 6) is 0.213. The Balaban J connectivity index is 1.72. The zero-order valence-corrected chi connectivity index (χ0v) is 13.3. The summed E-state index contributed by atoms with van der Waals surface area (Å²) in [7, 11) is 2.15. The van der Waals surface area contributed by atoms with Crippen LogP contribution < -0.4 is 0 Å². The molecule has 0 spiro atoms. The molecule has 3 heteroatoms. The third-order valence-electron chi connectivity index (χ3n) is 4.77. The minimum atomic E-state index is 0.213. The van der Waals surface area contributed by atoms with Crippen LogP contribution in [0.15, 0.2) is 60.7 Å². The van der Waals surface area contributed by atoms with Gasteiger partial charge in [-0.2, -0.15) is 0 Å². The monoisotopic (exact) mass is 304 g/mol. The fraction of sp³-hybridized carbons (Fsp3) is 0.250. The van der Waals surface area contributed by atoms with Crippen molar-refractivity contribution in [2.24, 2.45) is 0 Å². The van der Waals surface area contributed by atoms with Gasteiger partial charge in [-0.1, -0.05) is 48.5 Å². The van der Waals surface area contributed by atoms with Crippen molar-refractivity contribution in [3.05, 3.63) is 71.9 Å². The Morgan fingerprint density at radius 3 is 2.65 bits per heavy atom. The number of fused-ring (bicyclic) bond motifs is 3. The van der Waals surface area contributed by atoms with Gasteiger partial charge in [-0.25, -0.2) is 0 Å². The van der Waals surface area contributed by atoms with Crippen LogP contribution in [0.4, 0.5) is 0 Å². The number of aromatic nitrogens is 1. The van der Waals surface area contributed by atoms with Crippen molar-refractivity contribution in [1.29, 1.82) is 0 Å². The second-order valence-electron chi connectivity index (χ2n) is 6.31. The summed E-state index contributed by atoms with van der Waals surface area (Å²) in [6, 6.07) is 21.1. The number of rotatable bonds is 3. The Labute approximate surface area is 136 Å². The van der Waals surface area contributed by atoms with Gasteiger partial charge in [0.1, 0.15) is 0 Å². The maximum atomic E-state index is 12.4. The van der Waals surface area contributed by atoms with E-state index in [2.05, 4.69) is 48.3 Å². The first kappa shape index (κ1) is 14.2. The third-order valence-corrected chi connectivity index (χ3v) is 4.77. The summed E-state index contributed by atoms with van der Waals surface area (Å²) in [6.45, 7) is 0.890. The van der Waals surface area contributed by atoms with E-state index in [1.807, 2.05) is 28.8 Å². The highest BCUT2D eigenvalue weighted by Gasteiger charge is 2.29. The van der Waals surface area contributed by atoms with Crippen molar-refractivity contribution in [3.63, 3.8) is 0 Å². The molecule has 1 aromatic heterocycles. The van der Waals surface area contributed by atoms with Gasteiger partial charge >= 0.3 is 0 Å². The molecule has 0 aliphatic carbocycles. The molecule has 1 unspecified atom stereocenters. The van der Waals surface area contributed by atoms with Crippen molar-refractivity contribution in [3.8, 4) is 0 Å². The average molecular weight is 304 g/mol. The first-order chi connectivity index (χ1) is 11.2. The fourth-order valence-corrected chi connectivity index (χ4v) is 3.65. The summed E-state index contributed by atoms with van der Waals surface area (Å²) in [5, 5.41) is 1.15. The van der Waals surface area contributed by atoms with Gasteiger partial charge in [0.15, 0.2) is 0 Å². The zero-order chi connectivity index (χ0) is 15.8. The van der Waals surface area contributed by atoms with Gasteiger partial charge < -0.3 is 0 Å². The first-order valence-electron chi connectivity index (χ1n) is 8.12. The van der Waals surface area contributed by atoms with E-state index >= 15 is 0 Å². The quantitative estimate of drug-likeness (QED) is 0.723. The van der Waals surface area contributed by atoms with E-state index in [9.17, 15) is 4.79 Å². The zero-order valence-electron chi connectivity index (χ0n) is 13.3. The lowest BCUT2D eigenvalue weighted by molar-refractivity contribution is 0.0839. The van der Waals surface area contributed by atoms with E-state index in [-0.39, 0.29) is 11.9 Å². The number of para-hydroxylation sites is 1. The summed E-state index contributed by atoms with van der Waals surface area (Å²) in [5.41, 5.74) is 3.46. The summed E-state index contributed by atoms with van der Waals surface area (Å²) >= 11 is 0. The maximum absolute atomic E-state index is 12.4. The normalized spacial score (nSPS) is 17.7. The SMILES string of the molecule is CN(Cc1ccccc1)C1CCC(=O)n2c1cc1ccccc12. The van der Waals surface area contributed by atoms with Crippen molar-refractivity contribution in [1.82, 2.24) is 9.47 Å². The van der Waals surface area contributed by atoms with Gasteiger partial charge in [0.05, 0.1) is 11.6 Å². The van der Waals surface area contributed by atoms with Crippen LogP contribution in [-0.4, -0.2) is 22.4 Å². The van der Waals surface area contributed by atoms with Crippen LogP contribution in [0.3, 0.4) is 0 Å². The molecule has 0 saturated heterocycles. The Morgan fingerprint density at radius 1 is 1.09 bits per heavy atom. The molecular formula is C20H20N2O. The third kappa shape index (κ3) is 2.47. The number of hydrogen-bond acceptors (Lipinski definition) is 2. The van der Waals surface area contributed by atoms with Crippen LogP contribution in [0.25, 0.3) is 10.9 Å². The van der Waals surface area contributed by atoms with Gasteiger partial charge in [0.2, 0.25) is 5.91 Å². The molecule has 0 N–H and O–H groups in total. The minimum Gasteiger partial charge on any atom is -0.294 e. The highest BCUT2D eigenvalue weighted by Crippen LogP contribution is 2.35. The molecule has 0 radical (unpaired) electrons. The summed E-state index contributed by atoms with van der Waals surface area (Å²) < 4.78 is 1.92. The smallest absolute Gasteiger partial charge is 0.231 e. The molecule has 0 fully saturated rings. The molecule has 2 heterocycles. The molecule has 1 aliphatic rings. The highest BCUT2D eigenvalue weighted by atomic mass is 16.2. The van der Waals surface area contributed by atoms with Gasteiger partial charge in [-0.15, -0.1) is 0 Å². The number of hydrogen-bond donors (Lipinski definition) is 0. The number of benzene rings is 2. The molecule has 0 bridgehead atoms. The van der Waals surface area contributed by atoms with E-state index in [1.54, 1.807) is 0 Å². The van der Waals surface area contributed by atoms with Crippen LogP contribution in [0.2, 0.25) is 0 Å². The number of carbonyl (C=O) groups excluding carboxylic acids is 1. The first-order valence-corrected chi connectivity index (χ1v) is 8.12. The standard InChI is InChI=1S/C20H20N2O/c1-21(14-15-7-3-2-4-8-15)18-11-12-20(23)22-17-10-6-5-9-16(17)13-19(18)22/h2-10,13,18H,11-12,14H2,1H3. The van der Waals surface area contributed by atoms with Crippen molar-refractivity contribution < 1.29 is 4.79 Å². The molecule has 3 nitrogen and oxygen atoms in total. The number of carbonyl (C=O) groups is 1. The lowest BCUT2D eigenvalue weighted by atomic mass is 10.0. The lowest BCUT2D eigenvalue weighted by Gasteiger charge is -2.32. The van der Waals surface area contributed by atoms with Crippen LogP contribution in [0.5, 0.6) is 0 Å². The van der Waals surface area contributed by atoms with Gasteiger partial charge in [0.25, 0.3) is 0 Å². The Hall–Kier alpha value is -2.39. The van der Waals surface area contributed by atoms with Gasteiger partial charge in [-0.3, -0.25) is 14.3 Å². The molecule has 1 aliphatic heterocycles. The Morgan fingerprint density at radius 2 is 1.83 bits per heavy atom. The average Bonchev–Trinajstić information content (AvgIpc) is 2.96. The van der Waals surface area contributed by atoms with E-state index in [1.165, 1.54) is 5.56 Å². The molecule has 1 atom stereocenters. The van der Waals surface area contributed by atoms with Crippen molar-refractivity contribution >= 4 is 16.8 Å². The van der Waals surface area contributed by atoms with Crippen molar-refractivity contribution in [2.75, 3.05) is 7.05 Å². The minimum absolute atomic E-state index is 0.213. The Kier molecular flexibility index (Phi) is 3.50. The largest absolute Gasteiger partial charge is 0.294 e. The van der Waals surface area contributed by atoms with Gasteiger partial charge in [-0.05, 0) is 31.2 Å². The predicted molar refractivity (Wildman–Crippen MR) is 92.4 cm³/mol. The van der Waals surface area contributed by atoms with E-state index < -0.39 is 0 Å². The lowest BCUT2D eigenvalue weighted by Crippen LogP contribution is -2.32. The molecule has 2 aromatic carbocycles. The van der Waals surface area contributed by atoms with Crippen LogP contribution in [0, 0.1) is 0 Å². The van der Waals surface area contributed by atoms with E-state index in [0.29, 0.717) is 6.42 Å². The molecule has 4 rings (SSSR count). The predicted octanol–water partition coefficient (Wildman–Crippen LogP) is 4.25. The fourth-order valence-electron chi connectivity index (χ4n) is 3.65. The molecular weight excluding hydrogens is 284 g/mol.